The smallest absolute Gasteiger partial charge is 0.223 e. The summed E-state index contributed by atoms with van der Waals surface area (Å²) in [7, 11) is 0. The van der Waals surface area contributed by atoms with Crippen LogP contribution < -0.4 is 10.6 Å². The average molecular weight is 294 g/mol. The van der Waals surface area contributed by atoms with Crippen LogP contribution in [0, 0.1) is 17.6 Å². The Balaban J connectivity index is 1.73. The Morgan fingerprint density at radius 1 is 1.19 bits per heavy atom. The van der Waals surface area contributed by atoms with Gasteiger partial charge in [0.15, 0.2) is 11.6 Å². The third-order valence-corrected chi connectivity index (χ3v) is 4.66. The summed E-state index contributed by atoms with van der Waals surface area (Å²) in [5.74, 6) is -1.39. The Labute approximate surface area is 123 Å². The second-order valence-corrected chi connectivity index (χ2v) is 6.02. The van der Waals surface area contributed by atoms with E-state index in [1.54, 1.807) is 6.07 Å². The van der Waals surface area contributed by atoms with Crippen molar-refractivity contribution in [1.82, 2.24) is 10.6 Å². The molecule has 0 bridgehead atoms. The molecule has 3 rings (SSSR count). The van der Waals surface area contributed by atoms with E-state index in [1.807, 2.05) is 0 Å². The number of rotatable bonds is 3. The zero-order chi connectivity index (χ0) is 14.8. The van der Waals surface area contributed by atoms with Gasteiger partial charge in [0.2, 0.25) is 5.91 Å². The molecule has 114 valence electrons. The van der Waals surface area contributed by atoms with Crippen molar-refractivity contribution in [2.75, 3.05) is 13.1 Å². The first-order valence-electron chi connectivity index (χ1n) is 7.61. The Morgan fingerprint density at radius 2 is 2.00 bits per heavy atom. The molecule has 1 heterocycles. The minimum atomic E-state index is -0.831. The van der Waals surface area contributed by atoms with Crippen LogP contribution in [-0.2, 0) is 4.79 Å². The molecular formula is C16H20F2N2O. The van der Waals surface area contributed by atoms with E-state index in [9.17, 15) is 13.6 Å². The van der Waals surface area contributed by atoms with Gasteiger partial charge in [0.05, 0.1) is 0 Å². The summed E-state index contributed by atoms with van der Waals surface area (Å²) in [5, 5.41) is 6.34. The zero-order valence-corrected chi connectivity index (χ0v) is 11.9. The van der Waals surface area contributed by atoms with Gasteiger partial charge in [0.1, 0.15) is 0 Å². The molecule has 1 saturated heterocycles. The molecule has 0 radical (unpaired) electrons. The Kier molecular flexibility index (Phi) is 4.19. The molecule has 1 amide bonds. The van der Waals surface area contributed by atoms with E-state index < -0.39 is 11.6 Å². The molecule has 2 N–H and O–H groups in total. The number of halogens is 2. The van der Waals surface area contributed by atoms with Crippen LogP contribution in [-0.4, -0.2) is 25.0 Å². The molecule has 1 aliphatic carbocycles. The van der Waals surface area contributed by atoms with Crippen molar-refractivity contribution >= 4 is 5.91 Å². The number of hydrogen-bond donors (Lipinski definition) is 2. The number of nitrogens with one attached hydrogen (secondary N) is 2. The first-order valence-corrected chi connectivity index (χ1v) is 7.61. The van der Waals surface area contributed by atoms with Crippen LogP contribution in [0.15, 0.2) is 18.2 Å². The number of hydrogen-bond acceptors (Lipinski definition) is 2. The van der Waals surface area contributed by atoms with Gasteiger partial charge in [0.25, 0.3) is 0 Å². The summed E-state index contributed by atoms with van der Waals surface area (Å²) < 4.78 is 26.5. The quantitative estimate of drug-likeness (QED) is 0.898. The SMILES string of the molecule is O=C(NC1CNCCC1c1ccc(F)c(F)c1)C1CCC1. The van der Waals surface area contributed by atoms with Gasteiger partial charge >= 0.3 is 0 Å². The molecule has 1 aromatic rings. The molecule has 5 heteroatoms. The molecular weight excluding hydrogens is 274 g/mol. The predicted molar refractivity (Wildman–Crippen MR) is 75.9 cm³/mol. The molecule has 2 fully saturated rings. The number of benzene rings is 1. The fraction of sp³-hybridized carbons (Fsp3) is 0.562. The minimum absolute atomic E-state index is 0.0328. The number of carbonyl (C=O) groups is 1. The summed E-state index contributed by atoms with van der Waals surface area (Å²) in [6, 6.07) is 3.99. The van der Waals surface area contributed by atoms with Crippen LogP contribution >= 0.6 is 0 Å². The van der Waals surface area contributed by atoms with E-state index in [4.69, 9.17) is 0 Å². The fourth-order valence-electron chi connectivity index (χ4n) is 3.12. The summed E-state index contributed by atoms with van der Waals surface area (Å²) in [4.78, 5) is 12.1. The van der Waals surface area contributed by atoms with Crippen molar-refractivity contribution in [1.29, 1.82) is 0 Å². The summed E-state index contributed by atoms with van der Waals surface area (Å²) in [6.07, 6.45) is 3.85. The lowest BCUT2D eigenvalue weighted by molar-refractivity contribution is -0.128. The average Bonchev–Trinajstić information content (AvgIpc) is 2.40. The van der Waals surface area contributed by atoms with E-state index in [0.29, 0.717) is 6.54 Å². The molecule has 2 unspecified atom stereocenters. The van der Waals surface area contributed by atoms with Crippen molar-refractivity contribution in [3.8, 4) is 0 Å². The second-order valence-electron chi connectivity index (χ2n) is 6.02. The second kappa shape index (κ2) is 6.10. The largest absolute Gasteiger partial charge is 0.351 e. The lowest BCUT2D eigenvalue weighted by Crippen LogP contribution is -2.52. The lowest BCUT2D eigenvalue weighted by atomic mass is 9.82. The Morgan fingerprint density at radius 3 is 2.67 bits per heavy atom. The van der Waals surface area contributed by atoms with E-state index in [2.05, 4.69) is 10.6 Å². The number of amides is 1. The van der Waals surface area contributed by atoms with Crippen LogP contribution in [0.2, 0.25) is 0 Å². The molecule has 1 saturated carbocycles. The standard InChI is InChI=1S/C16H20F2N2O/c17-13-5-4-11(8-14(13)18)12-6-7-19-9-15(12)20-16(21)10-2-1-3-10/h4-5,8,10,12,15,19H,1-3,6-7,9H2,(H,20,21). The Bertz CT molecular complexity index is 531. The van der Waals surface area contributed by atoms with Gasteiger partial charge in [-0.15, -0.1) is 0 Å². The van der Waals surface area contributed by atoms with Crippen molar-refractivity contribution in [2.24, 2.45) is 5.92 Å². The topological polar surface area (TPSA) is 41.1 Å². The normalized spacial score (nSPS) is 26.2. The summed E-state index contributed by atoms with van der Waals surface area (Å²) >= 11 is 0. The predicted octanol–water partition coefficient (Wildman–Crippen LogP) is 2.33. The molecule has 0 aromatic heterocycles. The first-order chi connectivity index (χ1) is 10.1. The Hall–Kier alpha value is -1.49. The van der Waals surface area contributed by atoms with Gasteiger partial charge in [0, 0.05) is 24.4 Å². The van der Waals surface area contributed by atoms with Gasteiger partial charge in [-0.3, -0.25) is 4.79 Å². The van der Waals surface area contributed by atoms with Crippen LogP contribution in [0.25, 0.3) is 0 Å². The molecule has 3 nitrogen and oxygen atoms in total. The van der Waals surface area contributed by atoms with Crippen molar-refractivity contribution in [2.45, 2.75) is 37.6 Å². The molecule has 2 atom stereocenters. The molecule has 1 aromatic carbocycles. The molecule has 21 heavy (non-hydrogen) atoms. The summed E-state index contributed by atoms with van der Waals surface area (Å²) in [6.45, 7) is 1.49. The van der Waals surface area contributed by atoms with Crippen molar-refractivity contribution in [3.63, 3.8) is 0 Å². The highest BCUT2D eigenvalue weighted by atomic mass is 19.2. The van der Waals surface area contributed by atoms with Crippen LogP contribution in [0.4, 0.5) is 8.78 Å². The van der Waals surface area contributed by atoms with Crippen LogP contribution in [0.3, 0.4) is 0 Å². The number of carbonyl (C=O) groups excluding carboxylic acids is 1. The molecule has 0 spiro atoms. The van der Waals surface area contributed by atoms with Crippen molar-refractivity contribution < 1.29 is 13.6 Å². The van der Waals surface area contributed by atoms with Crippen molar-refractivity contribution in [3.05, 3.63) is 35.4 Å². The third kappa shape index (κ3) is 3.07. The van der Waals surface area contributed by atoms with Gasteiger partial charge < -0.3 is 10.6 Å². The highest BCUT2D eigenvalue weighted by Crippen LogP contribution is 2.30. The van der Waals surface area contributed by atoms with E-state index >= 15 is 0 Å². The maximum absolute atomic E-state index is 13.4. The maximum atomic E-state index is 13.4. The van der Waals surface area contributed by atoms with E-state index in [0.717, 1.165) is 43.9 Å². The van der Waals surface area contributed by atoms with Gasteiger partial charge in [-0.1, -0.05) is 12.5 Å². The summed E-state index contributed by atoms with van der Waals surface area (Å²) in [5.41, 5.74) is 0.759. The highest BCUT2D eigenvalue weighted by Gasteiger charge is 2.32. The van der Waals surface area contributed by atoms with E-state index in [-0.39, 0.29) is 23.8 Å². The minimum Gasteiger partial charge on any atom is -0.351 e. The maximum Gasteiger partial charge on any atom is 0.223 e. The zero-order valence-electron chi connectivity index (χ0n) is 11.9. The van der Waals surface area contributed by atoms with E-state index in [1.165, 1.54) is 6.07 Å². The first kappa shape index (κ1) is 14.4. The van der Waals surface area contributed by atoms with Gasteiger partial charge in [-0.2, -0.15) is 0 Å². The monoisotopic (exact) mass is 294 g/mol. The van der Waals surface area contributed by atoms with Crippen LogP contribution in [0.1, 0.15) is 37.2 Å². The number of piperidine rings is 1. The van der Waals surface area contributed by atoms with Gasteiger partial charge in [-0.05, 0) is 43.5 Å². The highest BCUT2D eigenvalue weighted by molar-refractivity contribution is 5.79. The van der Waals surface area contributed by atoms with Gasteiger partial charge in [-0.25, -0.2) is 8.78 Å². The molecule has 1 aliphatic heterocycles. The van der Waals surface area contributed by atoms with Crippen LogP contribution in [0.5, 0.6) is 0 Å². The fourth-order valence-corrected chi connectivity index (χ4v) is 3.12. The molecule has 2 aliphatic rings. The third-order valence-electron chi connectivity index (χ3n) is 4.66. The lowest BCUT2D eigenvalue weighted by Gasteiger charge is -2.35.